The maximum atomic E-state index is 12.8. The average Bonchev–Trinajstić information content (AvgIpc) is 2.59. The fourth-order valence-electron chi connectivity index (χ4n) is 1.92. The van der Waals surface area contributed by atoms with E-state index in [9.17, 15) is 19.4 Å². The van der Waals surface area contributed by atoms with E-state index < -0.39 is 12.2 Å². The third kappa shape index (κ3) is 11.0. The van der Waals surface area contributed by atoms with Crippen molar-refractivity contribution in [3.63, 3.8) is 0 Å². The Hall–Kier alpha value is -2.66. The summed E-state index contributed by atoms with van der Waals surface area (Å²) in [5.41, 5.74) is 0.694. The van der Waals surface area contributed by atoms with Crippen LogP contribution >= 0.6 is 0 Å². The molecule has 4 heteroatoms. The highest BCUT2D eigenvalue weighted by atomic mass is 19.1. The minimum Gasteiger partial charge on any atom is -0.388 e. The number of rotatable bonds is 7. The maximum absolute atomic E-state index is 12.8. The summed E-state index contributed by atoms with van der Waals surface area (Å²) in [5, 5.41) is 19.4. The van der Waals surface area contributed by atoms with Crippen molar-refractivity contribution in [1.29, 1.82) is 0 Å². The summed E-state index contributed by atoms with van der Waals surface area (Å²) < 4.78 is 12.8. The molecule has 0 aromatic heterocycles. The highest BCUT2D eigenvalue weighted by molar-refractivity contribution is 5.75. The van der Waals surface area contributed by atoms with Crippen molar-refractivity contribution >= 4 is 5.78 Å². The summed E-state index contributed by atoms with van der Waals surface area (Å²) in [7, 11) is 0. The molecule has 0 radical (unpaired) electrons. The molecule has 0 unspecified atom stereocenters. The highest BCUT2D eigenvalue weighted by Crippen LogP contribution is 2.02. The van der Waals surface area contributed by atoms with E-state index in [1.165, 1.54) is 19.1 Å². The van der Waals surface area contributed by atoms with Crippen LogP contribution in [0.25, 0.3) is 0 Å². The summed E-state index contributed by atoms with van der Waals surface area (Å²) >= 11 is 0. The quantitative estimate of drug-likeness (QED) is 0.584. The lowest BCUT2D eigenvalue weighted by Gasteiger charge is -2.00. The molecule has 2 N–H and O–H groups in total. The molecule has 1 aromatic carbocycles. The van der Waals surface area contributed by atoms with E-state index in [1.807, 2.05) is 0 Å². The summed E-state index contributed by atoms with van der Waals surface area (Å²) in [4.78, 5) is 10.8. The topological polar surface area (TPSA) is 57.5 Å². The number of ketones is 1. The van der Waals surface area contributed by atoms with Crippen molar-refractivity contribution in [2.75, 3.05) is 0 Å². The molecular formula is C22H23FO3. The number of aliphatic hydroxyl groups excluding tert-OH is 2. The second kappa shape index (κ2) is 12.7. The fourth-order valence-corrected chi connectivity index (χ4v) is 1.92. The summed E-state index contributed by atoms with van der Waals surface area (Å²) in [6, 6.07) is 5.85. The SMILES string of the molecule is CC(=O)CCC[C@H](O)C#C/C=C/C=C/[C@H](O)CC#Cc1ccc(F)cc1. The minimum atomic E-state index is -0.740. The van der Waals surface area contributed by atoms with Gasteiger partial charge in [0.2, 0.25) is 0 Å². The summed E-state index contributed by atoms with van der Waals surface area (Å²) in [6.07, 6.45) is 6.84. The molecule has 3 nitrogen and oxygen atoms in total. The number of Topliss-reactive ketones (excluding diaryl/α,β-unsaturated/α-hetero) is 1. The Morgan fingerprint density at radius 1 is 1.23 bits per heavy atom. The first-order chi connectivity index (χ1) is 12.5. The average molecular weight is 354 g/mol. The lowest BCUT2D eigenvalue weighted by molar-refractivity contribution is -0.117. The Morgan fingerprint density at radius 3 is 2.65 bits per heavy atom. The molecule has 136 valence electrons. The van der Waals surface area contributed by atoms with E-state index in [0.717, 1.165) is 0 Å². The molecule has 0 amide bonds. The Balaban J connectivity index is 2.30. The number of benzene rings is 1. The molecule has 1 rings (SSSR count). The van der Waals surface area contributed by atoms with Gasteiger partial charge in [-0.25, -0.2) is 4.39 Å². The molecule has 0 saturated carbocycles. The maximum Gasteiger partial charge on any atom is 0.129 e. The van der Waals surface area contributed by atoms with Crippen LogP contribution in [-0.4, -0.2) is 28.2 Å². The number of hydrogen-bond donors (Lipinski definition) is 2. The van der Waals surface area contributed by atoms with Crippen LogP contribution in [0.15, 0.2) is 48.6 Å². The van der Waals surface area contributed by atoms with Crippen LogP contribution in [0.5, 0.6) is 0 Å². The van der Waals surface area contributed by atoms with Gasteiger partial charge < -0.3 is 15.0 Å². The third-order valence-corrected chi connectivity index (χ3v) is 3.27. The highest BCUT2D eigenvalue weighted by Gasteiger charge is 2.00. The molecule has 26 heavy (non-hydrogen) atoms. The van der Waals surface area contributed by atoms with Gasteiger partial charge in [-0.1, -0.05) is 41.9 Å². The second-order valence-corrected chi connectivity index (χ2v) is 5.72. The number of hydrogen-bond acceptors (Lipinski definition) is 3. The molecule has 0 fully saturated rings. The minimum absolute atomic E-state index is 0.108. The zero-order valence-electron chi connectivity index (χ0n) is 14.8. The van der Waals surface area contributed by atoms with Gasteiger partial charge >= 0.3 is 0 Å². The van der Waals surface area contributed by atoms with Crippen molar-refractivity contribution in [3.8, 4) is 23.7 Å². The van der Waals surface area contributed by atoms with Crippen molar-refractivity contribution in [2.24, 2.45) is 0 Å². The van der Waals surface area contributed by atoms with Crippen molar-refractivity contribution in [2.45, 2.75) is 44.8 Å². The predicted octanol–water partition coefficient (Wildman–Crippen LogP) is 3.16. The number of aliphatic hydroxyl groups is 2. The van der Waals surface area contributed by atoms with Crippen LogP contribution in [0.3, 0.4) is 0 Å². The first kappa shape index (κ1) is 21.4. The van der Waals surface area contributed by atoms with E-state index in [-0.39, 0.29) is 18.0 Å². The summed E-state index contributed by atoms with van der Waals surface area (Å²) in [6.45, 7) is 1.52. The van der Waals surface area contributed by atoms with E-state index in [2.05, 4.69) is 23.7 Å². The molecule has 1 aromatic rings. The zero-order valence-corrected chi connectivity index (χ0v) is 14.8. The molecular weight excluding hydrogens is 331 g/mol. The van der Waals surface area contributed by atoms with E-state index in [1.54, 1.807) is 36.4 Å². The predicted molar refractivity (Wildman–Crippen MR) is 100 cm³/mol. The standard InChI is InChI=1S/C22H23FO3/c1-18(24)8-6-12-21(25)10-4-2-3-5-11-22(26)13-7-9-19-14-16-20(23)17-15-19/h2-3,5,11,14-17,21-22,25-26H,6,8,12-13H2,1H3/b3-2+,11-5+/t21-,22+/m1/s1. The van der Waals surface area contributed by atoms with E-state index in [0.29, 0.717) is 24.8 Å². The smallest absolute Gasteiger partial charge is 0.129 e. The van der Waals surface area contributed by atoms with Gasteiger partial charge in [-0.05, 0) is 50.1 Å². The van der Waals surface area contributed by atoms with Crippen molar-refractivity contribution in [3.05, 3.63) is 60.0 Å². The normalized spacial score (nSPS) is 12.9. The van der Waals surface area contributed by atoms with Gasteiger partial charge in [0, 0.05) is 18.4 Å². The Labute approximate surface area is 154 Å². The van der Waals surface area contributed by atoms with Gasteiger partial charge in [0.25, 0.3) is 0 Å². The van der Waals surface area contributed by atoms with Crippen LogP contribution in [0.1, 0.15) is 38.2 Å². The molecule has 0 aliphatic heterocycles. The molecule has 2 atom stereocenters. The molecule has 0 spiro atoms. The van der Waals surface area contributed by atoms with E-state index >= 15 is 0 Å². The number of halogens is 1. The van der Waals surface area contributed by atoms with Crippen LogP contribution in [0.2, 0.25) is 0 Å². The molecule has 0 heterocycles. The van der Waals surface area contributed by atoms with Crippen molar-refractivity contribution in [1.82, 2.24) is 0 Å². The number of carbonyl (C=O) groups excluding carboxylic acids is 1. The largest absolute Gasteiger partial charge is 0.388 e. The van der Waals surface area contributed by atoms with Gasteiger partial charge in [0.1, 0.15) is 17.7 Å². The van der Waals surface area contributed by atoms with Gasteiger partial charge in [0.05, 0.1) is 6.10 Å². The third-order valence-electron chi connectivity index (χ3n) is 3.27. The Morgan fingerprint density at radius 2 is 1.96 bits per heavy atom. The van der Waals surface area contributed by atoms with Gasteiger partial charge in [-0.15, -0.1) is 0 Å². The van der Waals surface area contributed by atoms with E-state index in [4.69, 9.17) is 0 Å². The molecule has 0 aliphatic rings. The lowest BCUT2D eigenvalue weighted by atomic mass is 10.1. The van der Waals surface area contributed by atoms with Crippen LogP contribution < -0.4 is 0 Å². The second-order valence-electron chi connectivity index (χ2n) is 5.72. The fraction of sp³-hybridized carbons (Fsp3) is 0.318. The van der Waals surface area contributed by atoms with Crippen LogP contribution in [-0.2, 0) is 4.79 Å². The van der Waals surface area contributed by atoms with Gasteiger partial charge in [-0.2, -0.15) is 0 Å². The van der Waals surface area contributed by atoms with Gasteiger partial charge in [0.15, 0.2) is 0 Å². The molecule has 0 saturated heterocycles. The lowest BCUT2D eigenvalue weighted by Crippen LogP contribution is -2.03. The summed E-state index contributed by atoms with van der Waals surface area (Å²) in [5.74, 6) is 10.9. The number of allylic oxidation sites excluding steroid dienone is 3. The monoisotopic (exact) mass is 354 g/mol. The zero-order chi connectivity index (χ0) is 19.2. The first-order valence-electron chi connectivity index (χ1n) is 8.42. The van der Waals surface area contributed by atoms with Crippen LogP contribution in [0.4, 0.5) is 4.39 Å². The first-order valence-corrected chi connectivity index (χ1v) is 8.42. The Kier molecular flexibility index (Phi) is 10.4. The number of carbonyl (C=O) groups is 1. The Bertz CT molecular complexity index is 740. The molecule has 0 bridgehead atoms. The van der Waals surface area contributed by atoms with Crippen molar-refractivity contribution < 1.29 is 19.4 Å². The van der Waals surface area contributed by atoms with Gasteiger partial charge in [-0.3, -0.25) is 0 Å². The molecule has 0 aliphatic carbocycles. The van der Waals surface area contributed by atoms with Crippen LogP contribution in [0, 0.1) is 29.5 Å².